The SMILES string of the molecule is NC(=O)NCc1cc(CO)cc(CO)c1O. The van der Waals surface area contributed by atoms with E-state index in [1.807, 2.05) is 0 Å². The van der Waals surface area contributed by atoms with Crippen LogP contribution in [-0.4, -0.2) is 21.4 Å². The molecule has 0 spiro atoms. The monoisotopic (exact) mass is 226 g/mol. The molecule has 0 atom stereocenters. The third-order valence-corrected chi connectivity index (χ3v) is 2.13. The van der Waals surface area contributed by atoms with Crippen LogP contribution in [0.5, 0.6) is 5.75 Å². The highest BCUT2D eigenvalue weighted by Crippen LogP contribution is 2.24. The Labute approximate surface area is 92.3 Å². The van der Waals surface area contributed by atoms with Crippen molar-refractivity contribution in [1.29, 1.82) is 0 Å². The molecule has 0 saturated heterocycles. The summed E-state index contributed by atoms with van der Waals surface area (Å²) >= 11 is 0. The van der Waals surface area contributed by atoms with Crippen LogP contribution >= 0.6 is 0 Å². The smallest absolute Gasteiger partial charge is 0.312 e. The minimum absolute atomic E-state index is 0.0437. The fourth-order valence-electron chi connectivity index (χ4n) is 1.36. The zero-order chi connectivity index (χ0) is 12.1. The van der Waals surface area contributed by atoms with Crippen molar-refractivity contribution in [2.24, 2.45) is 5.73 Å². The zero-order valence-corrected chi connectivity index (χ0v) is 8.60. The Morgan fingerprint density at radius 3 is 2.38 bits per heavy atom. The molecule has 0 aliphatic carbocycles. The van der Waals surface area contributed by atoms with Gasteiger partial charge in [0, 0.05) is 17.7 Å². The van der Waals surface area contributed by atoms with Crippen molar-refractivity contribution in [3.63, 3.8) is 0 Å². The second kappa shape index (κ2) is 5.34. The van der Waals surface area contributed by atoms with E-state index in [9.17, 15) is 9.90 Å². The van der Waals surface area contributed by atoms with Crippen LogP contribution in [0.15, 0.2) is 12.1 Å². The predicted molar refractivity (Wildman–Crippen MR) is 56.4 cm³/mol. The van der Waals surface area contributed by atoms with E-state index < -0.39 is 6.03 Å². The maximum Gasteiger partial charge on any atom is 0.312 e. The number of benzene rings is 1. The molecule has 0 fully saturated rings. The van der Waals surface area contributed by atoms with E-state index in [1.54, 1.807) is 0 Å². The van der Waals surface area contributed by atoms with Gasteiger partial charge in [0.15, 0.2) is 0 Å². The van der Waals surface area contributed by atoms with Gasteiger partial charge in [-0.25, -0.2) is 4.79 Å². The first-order valence-electron chi connectivity index (χ1n) is 4.67. The highest BCUT2D eigenvalue weighted by Gasteiger charge is 2.09. The van der Waals surface area contributed by atoms with Crippen molar-refractivity contribution in [1.82, 2.24) is 5.32 Å². The number of rotatable bonds is 4. The number of aromatic hydroxyl groups is 1. The molecule has 1 rings (SSSR count). The van der Waals surface area contributed by atoms with Gasteiger partial charge in [0.25, 0.3) is 0 Å². The predicted octanol–water partition coefficient (Wildman–Crippen LogP) is -0.455. The average molecular weight is 226 g/mol. The van der Waals surface area contributed by atoms with Crippen molar-refractivity contribution in [2.75, 3.05) is 0 Å². The molecule has 6 heteroatoms. The van der Waals surface area contributed by atoms with Gasteiger partial charge in [-0.2, -0.15) is 0 Å². The summed E-state index contributed by atoms with van der Waals surface area (Å²) in [6.45, 7) is -0.512. The molecule has 88 valence electrons. The lowest BCUT2D eigenvalue weighted by molar-refractivity contribution is 0.248. The minimum atomic E-state index is -0.709. The molecule has 0 saturated carbocycles. The Balaban J connectivity index is 3.01. The molecule has 0 aliphatic heterocycles. The van der Waals surface area contributed by atoms with Crippen LogP contribution in [0, 0.1) is 0 Å². The Morgan fingerprint density at radius 2 is 1.88 bits per heavy atom. The van der Waals surface area contributed by atoms with Crippen LogP contribution in [0.1, 0.15) is 16.7 Å². The number of carbonyl (C=O) groups is 1. The highest BCUT2D eigenvalue weighted by atomic mass is 16.3. The highest BCUT2D eigenvalue weighted by molar-refractivity contribution is 5.71. The minimum Gasteiger partial charge on any atom is -0.507 e. The fraction of sp³-hybridized carbons (Fsp3) is 0.300. The van der Waals surface area contributed by atoms with Crippen molar-refractivity contribution >= 4 is 6.03 Å². The molecule has 0 aromatic heterocycles. The van der Waals surface area contributed by atoms with E-state index in [0.29, 0.717) is 16.7 Å². The third kappa shape index (κ3) is 2.85. The van der Waals surface area contributed by atoms with E-state index in [1.165, 1.54) is 12.1 Å². The van der Waals surface area contributed by atoms with Gasteiger partial charge in [0.1, 0.15) is 5.75 Å². The number of primary amides is 1. The number of hydrogen-bond acceptors (Lipinski definition) is 4. The number of amides is 2. The van der Waals surface area contributed by atoms with E-state index in [4.69, 9.17) is 15.9 Å². The summed E-state index contributed by atoms with van der Waals surface area (Å²) < 4.78 is 0. The lowest BCUT2D eigenvalue weighted by Crippen LogP contribution is -2.28. The molecule has 6 nitrogen and oxygen atoms in total. The topological polar surface area (TPSA) is 116 Å². The van der Waals surface area contributed by atoms with Gasteiger partial charge in [-0.3, -0.25) is 0 Å². The molecule has 2 amide bonds. The zero-order valence-electron chi connectivity index (χ0n) is 8.60. The van der Waals surface area contributed by atoms with Crippen LogP contribution in [0.25, 0.3) is 0 Å². The molecule has 0 aliphatic rings. The first-order chi connectivity index (χ1) is 7.58. The van der Waals surface area contributed by atoms with Crippen molar-refractivity contribution in [2.45, 2.75) is 19.8 Å². The van der Waals surface area contributed by atoms with Crippen molar-refractivity contribution in [3.05, 3.63) is 28.8 Å². The number of carbonyl (C=O) groups excluding carboxylic acids is 1. The fourth-order valence-corrected chi connectivity index (χ4v) is 1.36. The molecular weight excluding hydrogens is 212 g/mol. The standard InChI is InChI=1S/C10H14N2O4/c11-10(16)12-3-7-1-6(4-13)2-8(5-14)9(7)15/h1-2,13-15H,3-5H2,(H3,11,12,16). The van der Waals surface area contributed by atoms with E-state index in [2.05, 4.69) is 5.32 Å². The molecule has 1 aromatic rings. The Bertz CT molecular complexity index is 393. The lowest BCUT2D eigenvalue weighted by Gasteiger charge is -2.11. The normalized spacial score (nSPS) is 10.1. The van der Waals surface area contributed by atoms with Crippen molar-refractivity contribution < 1.29 is 20.1 Å². The largest absolute Gasteiger partial charge is 0.507 e. The second-order valence-electron chi connectivity index (χ2n) is 3.30. The number of phenols is 1. The summed E-state index contributed by atoms with van der Waals surface area (Å²) in [7, 11) is 0. The number of hydrogen-bond donors (Lipinski definition) is 5. The van der Waals surface area contributed by atoms with Crippen molar-refractivity contribution in [3.8, 4) is 5.75 Å². The van der Waals surface area contributed by atoms with Crippen LogP contribution in [0.4, 0.5) is 4.79 Å². The Hall–Kier alpha value is -1.79. The lowest BCUT2D eigenvalue weighted by atomic mass is 10.0. The Morgan fingerprint density at radius 1 is 1.25 bits per heavy atom. The van der Waals surface area contributed by atoms with Crippen LogP contribution in [0.3, 0.4) is 0 Å². The number of nitrogens with one attached hydrogen (secondary N) is 1. The van der Waals surface area contributed by atoms with Gasteiger partial charge in [-0.05, 0) is 17.7 Å². The summed E-state index contributed by atoms with van der Waals surface area (Å²) in [4.78, 5) is 10.5. The summed E-state index contributed by atoms with van der Waals surface area (Å²) in [6, 6.07) is 2.31. The summed E-state index contributed by atoms with van der Waals surface area (Å²) in [5.74, 6) is -0.103. The van der Waals surface area contributed by atoms with Crippen LogP contribution in [0.2, 0.25) is 0 Å². The maximum atomic E-state index is 10.5. The quantitative estimate of drug-likeness (QED) is 0.478. The van der Waals surface area contributed by atoms with E-state index in [-0.39, 0.29) is 25.5 Å². The van der Waals surface area contributed by atoms with Crippen LogP contribution < -0.4 is 11.1 Å². The number of nitrogens with two attached hydrogens (primary N) is 1. The molecule has 0 unspecified atom stereocenters. The van der Waals surface area contributed by atoms with E-state index >= 15 is 0 Å². The first kappa shape index (κ1) is 12.3. The van der Waals surface area contributed by atoms with Gasteiger partial charge in [-0.15, -0.1) is 0 Å². The summed E-state index contributed by atoms with van der Waals surface area (Å²) in [6.07, 6.45) is 0. The Kier molecular flexibility index (Phi) is 4.10. The van der Waals surface area contributed by atoms with Gasteiger partial charge in [0.2, 0.25) is 0 Å². The number of urea groups is 1. The summed E-state index contributed by atoms with van der Waals surface area (Å²) in [5, 5.41) is 30.0. The van der Waals surface area contributed by atoms with Gasteiger partial charge in [-0.1, -0.05) is 0 Å². The molecular formula is C10H14N2O4. The molecule has 6 N–H and O–H groups in total. The molecule has 1 aromatic carbocycles. The number of aliphatic hydroxyl groups excluding tert-OH is 2. The second-order valence-corrected chi connectivity index (χ2v) is 3.30. The molecule has 0 heterocycles. The number of aliphatic hydroxyl groups is 2. The van der Waals surface area contributed by atoms with Gasteiger partial charge >= 0.3 is 6.03 Å². The average Bonchev–Trinajstić information content (AvgIpc) is 2.27. The van der Waals surface area contributed by atoms with E-state index in [0.717, 1.165) is 0 Å². The van der Waals surface area contributed by atoms with Crippen LogP contribution in [-0.2, 0) is 19.8 Å². The summed E-state index contributed by atoms with van der Waals surface area (Å²) in [5.41, 5.74) is 6.14. The molecule has 0 bridgehead atoms. The maximum absolute atomic E-state index is 10.5. The van der Waals surface area contributed by atoms with Gasteiger partial charge in [0.05, 0.1) is 13.2 Å². The first-order valence-corrected chi connectivity index (χ1v) is 4.67. The molecule has 0 radical (unpaired) electrons. The van der Waals surface area contributed by atoms with Gasteiger partial charge < -0.3 is 26.4 Å². The third-order valence-electron chi connectivity index (χ3n) is 2.13. The molecule has 16 heavy (non-hydrogen) atoms.